The number of aryl methyl sites for hydroxylation is 2. The van der Waals surface area contributed by atoms with Crippen LogP contribution in [-0.4, -0.2) is 26.4 Å². The molecular formula is C22H19N5O. The summed E-state index contributed by atoms with van der Waals surface area (Å²) >= 11 is 0. The molecule has 138 valence electrons. The average molecular weight is 369 g/mol. The second-order valence-corrected chi connectivity index (χ2v) is 6.87. The molecule has 28 heavy (non-hydrogen) atoms. The molecule has 0 fully saturated rings. The van der Waals surface area contributed by atoms with Gasteiger partial charge in [0.25, 0.3) is 0 Å². The number of anilines is 2. The van der Waals surface area contributed by atoms with Crippen LogP contribution >= 0.6 is 0 Å². The van der Waals surface area contributed by atoms with Crippen LogP contribution in [-0.2, 0) is 0 Å². The first kappa shape index (κ1) is 16.5. The SMILES string of the molecule is Cc1cc(N(C)c2nccc3occc23)ccc1-c1c(C)ncc2nccn12. The zero-order valence-electron chi connectivity index (χ0n) is 15.9. The van der Waals surface area contributed by atoms with Gasteiger partial charge in [0.05, 0.1) is 29.2 Å². The molecule has 4 heterocycles. The average Bonchev–Trinajstić information content (AvgIpc) is 3.36. The van der Waals surface area contributed by atoms with E-state index >= 15 is 0 Å². The minimum absolute atomic E-state index is 0.832. The van der Waals surface area contributed by atoms with Crippen LogP contribution < -0.4 is 4.90 Å². The molecule has 0 spiro atoms. The number of benzene rings is 1. The van der Waals surface area contributed by atoms with E-state index in [9.17, 15) is 0 Å². The Morgan fingerprint density at radius 2 is 1.89 bits per heavy atom. The van der Waals surface area contributed by atoms with Gasteiger partial charge in [-0.2, -0.15) is 0 Å². The van der Waals surface area contributed by atoms with Gasteiger partial charge < -0.3 is 9.32 Å². The van der Waals surface area contributed by atoms with Crippen molar-refractivity contribution in [2.45, 2.75) is 13.8 Å². The minimum atomic E-state index is 0.832. The summed E-state index contributed by atoms with van der Waals surface area (Å²) in [5.41, 5.74) is 7.08. The fourth-order valence-corrected chi connectivity index (χ4v) is 3.71. The maximum Gasteiger partial charge on any atom is 0.155 e. The molecule has 0 aliphatic heterocycles. The zero-order chi connectivity index (χ0) is 19.3. The van der Waals surface area contributed by atoms with Crippen molar-refractivity contribution in [2.75, 3.05) is 11.9 Å². The van der Waals surface area contributed by atoms with Crippen LogP contribution in [0.4, 0.5) is 11.5 Å². The second kappa shape index (κ2) is 6.20. The molecule has 0 amide bonds. The van der Waals surface area contributed by atoms with E-state index in [1.807, 2.05) is 32.3 Å². The predicted octanol–water partition coefficient (Wildman–Crippen LogP) is 4.92. The molecule has 4 aromatic heterocycles. The molecule has 0 bridgehead atoms. The normalized spacial score (nSPS) is 11.4. The van der Waals surface area contributed by atoms with Crippen LogP contribution in [0.15, 0.2) is 65.8 Å². The standard InChI is InChI=1S/C22H19N5O/c1-14-12-16(26(3)22-18-7-11-28-19(18)6-8-24-22)4-5-17(14)21-15(2)25-13-20-23-9-10-27(20)21/h4-13H,1-3H3. The van der Waals surface area contributed by atoms with E-state index in [0.29, 0.717) is 0 Å². The van der Waals surface area contributed by atoms with Crippen LogP contribution in [0.1, 0.15) is 11.3 Å². The first-order valence-electron chi connectivity index (χ1n) is 9.09. The Morgan fingerprint density at radius 3 is 2.75 bits per heavy atom. The highest BCUT2D eigenvalue weighted by Gasteiger charge is 2.15. The van der Waals surface area contributed by atoms with E-state index < -0.39 is 0 Å². The maximum atomic E-state index is 5.51. The van der Waals surface area contributed by atoms with Crippen LogP contribution in [0.25, 0.3) is 27.9 Å². The van der Waals surface area contributed by atoms with E-state index in [1.165, 1.54) is 0 Å². The lowest BCUT2D eigenvalue weighted by molar-refractivity contribution is 0.615. The summed E-state index contributed by atoms with van der Waals surface area (Å²) in [4.78, 5) is 15.5. The Bertz CT molecular complexity index is 1320. The summed E-state index contributed by atoms with van der Waals surface area (Å²) in [5.74, 6) is 0.868. The maximum absolute atomic E-state index is 5.51. The van der Waals surface area contributed by atoms with Crippen molar-refractivity contribution in [3.8, 4) is 11.3 Å². The molecule has 5 rings (SSSR count). The molecular weight excluding hydrogens is 350 g/mol. The quantitative estimate of drug-likeness (QED) is 0.452. The molecule has 0 unspecified atom stereocenters. The van der Waals surface area contributed by atoms with Gasteiger partial charge >= 0.3 is 0 Å². The fraction of sp³-hybridized carbons (Fsp3) is 0.136. The lowest BCUT2D eigenvalue weighted by Crippen LogP contribution is -2.11. The Balaban J connectivity index is 1.61. The van der Waals surface area contributed by atoms with Crippen molar-refractivity contribution in [1.82, 2.24) is 19.4 Å². The van der Waals surface area contributed by atoms with Gasteiger partial charge in [0.15, 0.2) is 5.65 Å². The molecule has 5 aromatic rings. The number of aromatic nitrogens is 4. The van der Waals surface area contributed by atoms with Crippen molar-refractivity contribution in [2.24, 2.45) is 0 Å². The second-order valence-electron chi connectivity index (χ2n) is 6.87. The molecule has 6 heteroatoms. The van der Waals surface area contributed by atoms with Crippen molar-refractivity contribution < 1.29 is 4.42 Å². The molecule has 0 atom stereocenters. The molecule has 0 N–H and O–H groups in total. The highest BCUT2D eigenvalue weighted by Crippen LogP contribution is 2.33. The van der Waals surface area contributed by atoms with Crippen molar-refractivity contribution in [1.29, 1.82) is 0 Å². The Labute approximate surface area is 162 Å². The van der Waals surface area contributed by atoms with Crippen LogP contribution in [0.5, 0.6) is 0 Å². The fourth-order valence-electron chi connectivity index (χ4n) is 3.71. The molecule has 1 aromatic carbocycles. The van der Waals surface area contributed by atoms with Gasteiger partial charge in [-0.25, -0.2) is 9.97 Å². The number of rotatable bonds is 3. The summed E-state index contributed by atoms with van der Waals surface area (Å²) in [6.45, 7) is 4.14. The van der Waals surface area contributed by atoms with Crippen molar-refractivity contribution in [3.05, 3.63) is 72.6 Å². The van der Waals surface area contributed by atoms with Gasteiger partial charge in [-0.05, 0) is 43.7 Å². The van der Waals surface area contributed by atoms with Crippen LogP contribution in [0, 0.1) is 13.8 Å². The van der Waals surface area contributed by atoms with Gasteiger partial charge in [-0.3, -0.25) is 9.38 Å². The largest absolute Gasteiger partial charge is 0.464 e. The lowest BCUT2D eigenvalue weighted by Gasteiger charge is -2.21. The molecule has 0 aliphatic carbocycles. The van der Waals surface area contributed by atoms with Crippen molar-refractivity contribution in [3.63, 3.8) is 0 Å². The van der Waals surface area contributed by atoms with Gasteiger partial charge in [-0.1, -0.05) is 6.07 Å². The van der Waals surface area contributed by atoms with E-state index in [4.69, 9.17) is 4.42 Å². The minimum Gasteiger partial charge on any atom is -0.464 e. The summed E-state index contributed by atoms with van der Waals surface area (Å²) < 4.78 is 7.59. The van der Waals surface area contributed by atoms with Crippen LogP contribution in [0.3, 0.4) is 0 Å². The number of imidazole rings is 1. The third-order valence-corrected chi connectivity index (χ3v) is 5.16. The highest BCUT2D eigenvalue weighted by molar-refractivity contribution is 5.90. The third kappa shape index (κ3) is 2.45. The number of nitrogens with zero attached hydrogens (tertiary/aromatic N) is 5. The molecule has 0 radical (unpaired) electrons. The Hall–Kier alpha value is -3.67. The van der Waals surface area contributed by atoms with E-state index in [1.54, 1.807) is 24.9 Å². The van der Waals surface area contributed by atoms with Crippen molar-refractivity contribution >= 4 is 28.1 Å². The van der Waals surface area contributed by atoms with Gasteiger partial charge in [0.2, 0.25) is 0 Å². The third-order valence-electron chi connectivity index (χ3n) is 5.16. The molecule has 0 saturated carbocycles. The number of hydrogen-bond donors (Lipinski definition) is 0. The summed E-state index contributed by atoms with van der Waals surface area (Å²) in [7, 11) is 2.02. The van der Waals surface area contributed by atoms with Gasteiger partial charge in [0.1, 0.15) is 11.4 Å². The van der Waals surface area contributed by atoms with Gasteiger partial charge in [-0.15, -0.1) is 0 Å². The first-order valence-corrected chi connectivity index (χ1v) is 9.09. The topological polar surface area (TPSA) is 59.5 Å². The summed E-state index contributed by atoms with van der Waals surface area (Å²) in [6.07, 6.45) is 9.04. The van der Waals surface area contributed by atoms with E-state index in [0.717, 1.165) is 50.6 Å². The van der Waals surface area contributed by atoms with Gasteiger partial charge in [0, 0.05) is 36.9 Å². The molecule has 0 saturated heterocycles. The first-order chi connectivity index (χ1) is 13.6. The monoisotopic (exact) mass is 369 g/mol. The Morgan fingerprint density at radius 1 is 1.00 bits per heavy atom. The highest BCUT2D eigenvalue weighted by atomic mass is 16.3. The van der Waals surface area contributed by atoms with E-state index in [-0.39, 0.29) is 0 Å². The molecule has 6 nitrogen and oxygen atoms in total. The Kier molecular flexibility index (Phi) is 3.65. The number of hydrogen-bond acceptors (Lipinski definition) is 5. The number of pyridine rings is 1. The summed E-state index contributed by atoms with van der Waals surface area (Å²) in [6, 6.07) is 10.2. The number of furan rings is 1. The van der Waals surface area contributed by atoms with Crippen LogP contribution in [0.2, 0.25) is 0 Å². The summed E-state index contributed by atoms with van der Waals surface area (Å²) in [5, 5.41) is 0.995. The lowest BCUT2D eigenvalue weighted by atomic mass is 10.0. The zero-order valence-corrected chi connectivity index (χ0v) is 15.9. The predicted molar refractivity (Wildman–Crippen MR) is 110 cm³/mol. The molecule has 0 aliphatic rings. The van der Waals surface area contributed by atoms with E-state index in [2.05, 4.69) is 49.4 Å². The number of fused-ring (bicyclic) bond motifs is 2. The smallest absolute Gasteiger partial charge is 0.155 e.